The standard InChI is InChI=1S/C12H14BrNO4/c1-14(8-12(16)17)11(15)6-7-18-10-4-2-9(13)3-5-10/h2-5H,6-8H2,1H3,(H,16,17). The molecule has 0 aromatic heterocycles. The van der Waals surface area contributed by atoms with Gasteiger partial charge in [-0.3, -0.25) is 9.59 Å². The van der Waals surface area contributed by atoms with Crippen LogP contribution in [0.25, 0.3) is 0 Å². The summed E-state index contributed by atoms with van der Waals surface area (Å²) in [5.41, 5.74) is 0. The number of hydrogen-bond acceptors (Lipinski definition) is 3. The second-order valence-electron chi connectivity index (χ2n) is 3.70. The summed E-state index contributed by atoms with van der Waals surface area (Å²) in [6, 6.07) is 7.26. The van der Waals surface area contributed by atoms with Gasteiger partial charge in [-0.25, -0.2) is 0 Å². The third kappa shape index (κ3) is 5.18. The molecule has 0 radical (unpaired) electrons. The molecule has 0 saturated carbocycles. The Kier molecular flexibility index (Phi) is 5.64. The summed E-state index contributed by atoms with van der Waals surface area (Å²) in [4.78, 5) is 23.1. The average Bonchev–Trinajstić information content (AvgIpc) is 2.30. The van der Waals surface area contributed by atoms with Gasteiger partial charge < -0.3 is 14.7 Å². The largest absolute Gasteiger partial charge is 0.493 e. The minimum Gasteiger partial charge on any atom is -0.493 e. The van der Waals surface area contributed by atoms with E-state index < -0.39 is 5.97 Å². The molecule has 0 bridgehead atoms. The highest BCUT2D eigenvalue weighted by Crippen LogP contribution is 2.16. The van der Waals surface area contributed by atoms with Crippen LogP contribution >= 0.6 is 15.9 Å². The molecule has 0 aliphatic rings. The van der Waals surface area contributed by atoms with Crippen LogP contribution in [0.2, 0.25) is 0 Å². The van der Waals surface area contributed by atoms with E-state index in [-0.39, 0.29) is 25.5 Å². The molecule has 98 valence electrons. The van der Waals surface area contributed by atoms with Gasteiger partial charge in [-0.1, -0.05) is 15.9 Å². The number of hydrogen-bond donors (Lipinski definition) is 1. The number of halogens is 1. The molecule has 1 rings (SSSR count). The number of carbonyl (C=O) groups excluding carboxylic acids is 1. The molecule has 1 aromatic carbocycles. The van der Waals surface area contributed by atoms with Crippen molar-refractivity contribution in [2.45, 2.75) is 6.42 Å². The van der Waals surface area contributed by atoms with E-state index in [1.807, 2.05) is 12.1 Å². The Labute approximate surface area is 113 Å². The summed E-state index contributed by atoms with van der Waals surface area (Å²) in [7, 11) is 1.45. The monoisotopic (exact) mass is 315 g/mol. The molecule has 0 aliphatic heterocycles. The third-order valence-corrected chi connectivity index (χ3v) is 2.73. The van der Waals surface area contributed by atoms with E-state index in [1.165, 1.54) is 7.05 Å². The molecule has 5 nitrogen and oxygen atoms in total. The van der Waals surface area contributed by atoms with Crippen LogP contribution in [0, 0.1) is 0 Å². The maximum Gasteiger partial charge on any atom is 0.323 e. The molecule has 18 heavy (non-hydrogen) atoms. The zero-order valence-corrected chi connectivity index (χ0v) is 11.5. The first-order chi connectivity index (χ1) is 8.49. The van der Waals surface area contributed by atoms with Gasteiger partial charge in [0.05, 0.1) is 13.0 Å². The molecule has 0 spiro atoms. The molecule has 0 aliphatic carbocycles. The summed E-state index contributed by atoms with van der Waals surface area (Å²) >= 11 is 3.31. The highest BCUT2D eigenvalue weighted by molar-refractivity contribution is 9.10. The van der Waals surface area contributed by atoms with Crippen molar-refractivity contribution in [1.82, 2.24) is 4.90 Å². The fourth-order valence-electron chi connectivity index (χ4n) is 1.27. The van der Waals surface area contributed by atoms with Gasteiger partial charge in [0.15, 0.2) is 0 Å². The van der Waals surface area contributed by atoms with Gasteiger partial charge in [0.2, 0.25) is 5.91 Å². The predicted molar refractivity (Wildman–Crippen MR) is 69.5 cm³/mol. The maximum absolute atomic E-state index is 11.5. The first-order valence-electron chi connectivity index (χ1n) is 5.33. The van der Waals surface area contributed by atoms with Gasteiger partial charge in [-0.05, 0) is 24.3 Å². The summed E-state index contributed by atoms with van der Waals surface area (Å²) in [5, 5.41) is 8.53. The topological polar surface area (TPSA) is 66.8 Å². The van der Waals surface area contributed by atoms with E-state index >= 15 is 0 Å². The number of carboxylic acids is 1. The van der Waals surface area contributed by atoms with E-state index in [1.54, 1.807) is 12.1 Å². The number of benzene rings is 1. The van der Waals surface area contributed by atoms with Crippen molar-refractivity contribution in [3.8, 4) is 5.75 Å². The maximum atomic E-state index is 11.5. The number of carboxylic acid groups (broad SMARTS) is 1. The lowest BCUT2D eigenvalue weighted by Crippen LogP contribution is -2.32. The van der Waals surface area contributed by atoms with Crippen molar-refractivity contribution in [3.63, 3.8) is 0 Å². The third-order valence-electron chi connectivity index (χ3n) is 2.20. The van der Waals surface area contributed by atoms with Gasteiger partial charge in [-0.2, -0.15) is 0 Å². The quantitative estimate of drug-likeness (QED) is 0.868. The smallest absolute Gasteiger partial charge is 0.323 e. The number of carbonyl (C=O) groups is 2. The molecule has 1 aromatic rings. The number of rotatable bonds is 6. The molecule has 0 fully saturated rings. The van der Waals surface area contributed by atoms with E-state index in [0.29, 0.717) is 5.75 Å². The average molecular weight is 316 g/mol. The number of nitrogens with zero attached hydrogens (tertiary/aromatic N) is 1. The van der Waals surface area contributed by atoms with Crippen molar-refractivity contribution < 1.29 is 19.4 Å². The highest BCUT2D eigenvalue weighted by atomic mass is 79.9. The Morgan fingerprint density at radius 3 is 2.50 bits per heavy atom. The Morgan fingerprint density at radius 1 is 1.33 bits per heavy atom. The van der Waals surface area contributed by atoms with Crippen LogP contribution in [0.1, 0.15) is 6.42 Å². The normalized spacial score (nSPS) is 9.89. The van der Waals surface area contributed by atoms with Crippen LogP contribution in [0.15, 0.2) is 28.7 Å². The fourth-order valence-corrected chi connectivity index (χ4v) is 1.53. The summed E-state index contributed by atoms with van der Waals surface area (Å²) in [5.74, 6) is -0.610. The molecule has 1 N–H and O–H groups in total. The van der Waals surface area contributed by atoms with Crippen molar-refractivity contribution in [2.75, 3.05) is 20.2 Å². The molecule has 1 amide bonds. The second kappa shape index (κ2) is 7.00. The Hall–Kier alpha value is -1.56. The van der Waals surface area contributed by atoms with Gasteiger partial charge in [0.25, 0.3) is 0 Å². The Morgan fingerprint density at radius 2 is 1.94 bits per heavy atom. The first kappa shape index (κ1) is 14.5. The molecule has 0 saturated heterocycles. The molecular formula is C12H14BrNO4. The minimum atomic E-state index is -1.03. The van der Waals surface area contributed by atoms with Crippen molar-refractivity contribution in [2.24, 2.45) is 0 Å². The van der Waals surface area contributed by atoms with Crippen LogP contribution in [0.3, 0.4) is 0 Å². The van der Waals surface area contributed by atoms with Crippen molar-refractivity contribution in [3.05, 3.63) is 28.7 Å². The zero-order chi connectivity index (χ0) is 13.5. The second-order valence-corrected chi connectivity index (χ2v) is 4.61. The van der Waals surface area contributed by atoms with Gasteiger partial charge in [-0.15, -0.1) is 0 Å². The summed E-state index contributed by atoms with van der Waals surface area (Å²) < 4.78 is 6.32. The lowest BCUT2D eigenvalue weighted by Gasteiger charge is -2.14. The summed E-state index contributed by atoms with van der Waals surface area (Å²) in [6.07, 6.45) is 0.153. The van der Waals surface area contributed by atoms with Crippen LogP contribution in [-0.4, -0.2) is 42.1 Å². The van der Waals surface area contributed by atoms with Crippen LogP contribution in [0.5, 0.6) is 5.75 Å². The SMILES string of the molecule is CN(CC(=O)O)C(=O)CCOc1ccc(Br)cc1. The van der Waals surface area contributed by atoms with Crippen molar-refractivity contribution >= 4 is 27.8 Å². The predicted octanol–water partition coefficient (Wildman–Crippen LogP) is 1.76. The molecular weight excluding hydrogens is 302 g/mol. The number of ether oxygens (including phenoxy) is 1. The van der Waals surface area contributed by atoms with Gasteiger partial charge >= 0.3 is 5.97 Å². The molecule has 0 atom stereocenters. The van der Waals surface area contributed by atoms with Crippen LogP contribution in [-0.2, 0) is 9.59 Å². The number of likely N-dealkylation sites (N-methyl/N-ethyl adjacent to an activating group) is 1. The lowest BCUT2D eigenvalue weighted by atomic mass is 10.3. The van der Waals surface area contributed by atoms with E-state index in [2.05, 4.69) is 15.9 Å². The Bertz CT molecular complexity index is 419. The number of amides is 1. The minimum absolute atomic E-state index is 0.153. The fraction of sp³-hybridized carbons (Fsp3) is 0.333. The first-order valence-corrected chi connectivity index (χ1v) is 6.12. The van der Waals surface area contributed by atoms with Gasteiger partial charge in [0.1, 0.15) is 12.3 Å². The lowest BCUT2D eigenvalue weighted by molar-refractivity contribution is -0.143. The zero-order valence-electron chi connectivity index (χ0n) is 9.93. The van der Waals surface area contributed by atoms with E-state index in [0.717, 1.165) is 9.37 Å². The number of aliphatic carboxylic acids is 1. The van der Waals surface area contributed by atoms with Crippen molar-refractivity contribution in [1.29, 1.82) is 0 Å². The van der Waals surface area contributed by atoms with Crippen LogP contribution < -0.4 is 4.74 Å². The molecule has 6 heteroatoms. The summed E-state index contributed by atoms with van der Waals surface area (Å²) in [6.45, 7) is -0.0679. The van der Waals surface area contributed by atoms with Crippen LogP contribution in [0.4, 0.5) is 0 Å². The van der Waals surface area contributed by atoms with E-state index in [9.17, 15) is 9.59 Å². The molecule has 0 heterocycles. The van der Waals surface area contributed by atoms with Gasteiger partial charge in [0, 0.05) is 11.5 Å². The highest BCUT2D eigenvalue weighted by Gasteiger charge is 2.11. The van der Waals surface area contributed by atoms with E-state index in [4.69, 9.17) is 9.84 Å². The Balaban J connectivity index is 2.31. The molecule has 0 unspecified atom stereocenters.